The van der Waals surface area contributed by atoms with Gasteiger partial charge in [-0.05, 0) is 31.2 Å². The molecule has 0 aliphatic carbocycles. The number of aliphatic imine (C=N–C) groups is 1. The van der Waals surface area contributed by atoms with Crippen LogP contribution >= 0.6 is 11.8 Å². The molecule has 4 rings (SSSR count). The van der Waals surface area contributed by atoms with E-state index in [0.717, 1.165) is 27.9 Å². The quantitative estimate of drug-likeness (QED) is 0.407. The molecule has 0 spiro atoms. The van der Waals surface area contributed by atoms with E-state index in [1.807, 2.05) is 19.1 Å². The lowest BCUT2D eigenvalue weighted by molar-refractivity contribution is -0.120. The van der Waals surface area contributed by atoms with Crippen LogP contribution in [0.1, 0.15) is 19.0 Å². The summed E-state index contributed by atoms with van der Waals surface area (Å²) in [7, 11) is -0.164. The SMILES string of the molecule is CNC(=O)CC1CN=C(c2cc3cc(Oc4ccc(S(C)(=O)=O)nc4)cc(OC(C)COC)c3[nH]2)S1. The molecule has 2 N–H and O–H groups in total. The topological polar surface area (TPSA) is 132 Å². The van der Waals surface area contributed by atoms with E-state index in [1.54, 1.807) is 38.1 Å². The Morgan fingerprint density at radius 1 is 1.28 bits per heavy atom. The van der Waals surface area contributed by atoms with E-state index in [9.17, 15) is 13.2 Å². The van der Waals surface area contributed by atoms with Gasteiger partial charge in [-0.2, -0.15) is 0 Å². The maximum atomic E-state index is 11.7. The first-order valence-electron chi connectivity index (χ1n) is 11.2. The first-order valence-corrected chi connectivity index (χ1v) is 14.0. The molecule has 3 heterocycles. The molecule has 1 aliphatic rings. The van der Waals surface area contributed by atoms with Crippen molar-refractivity contribution in [2.24, 2.45) is 4.99 Å². The third-order valence-corrected chi connectivity index (χ3v) is 7.58. The zero-order valence-electron chi connectivity index (χ0n) is 20.4. The molecule has 2 unspecified atom stereocenters. The van der Waals surface area contributed by atoms with Gasteiger partial charge in [-0.15, -0.1) is 0 Å². The van der Waals surface area contributed by atoms with Gasteiger partial charge in [-0.3, -0.25) is 9.79 Å². The number of nitrogens with zero attached hydrogens (tertiary/aromatic N) is 2. The van der Waals surface area contributed by atoms with Crippen molar-refractivity contribution in [3.05, 3.63) is 42.2 Å². The lowest BCUT2D eigenvalue weighted by Gasteiger charge is -2.16. The average Bonchev–Trinajstić information content (AvgIpc) is 3.46. The van der Waals surface area contributed by atoms with E-state index >= 15 is 0 Å². The molecular formula is C24H28N4O6S2. The molecule has 12 heteroatoms. The maximum Gasteiger partial charge on any atom is 0.220 e. The van der Waals surface area contributed by atoms with Crippen LogP contribution in [0.15, 0.2) is 46.5 Å². The molecule has 0 fully saturated rings. The summed E-state index contributed by atoms with van der Waals surface area (Å²) in [4.78, 5) is 23.8. The van der Waals surface area contributed by atoms with Gasteiger partial charge in [0, 0.05) is 43.5 Å². The third-order valence-electron chi connectivity index (χ3n) is 5.36. The van der Waals surface area contributed by atoms with E-state index < -0.39 is 9.84 Å². The van der Waals surface area contributed by atoms with E-state index in [1.165, 1.54) is 12.3 Å². The number of aromatic nitrogens is 2. The van der Waals surface area contributed by atoms with Crippen LogP contribution in [0.25, 0.3) is 10.9 Å². The van der Waals surface area contributed by atoms with Crippen molar-refractivity contribution in [1.82, 2.24) is 15.3 Å². The number of nitrogens with one attached hydrogen (secondary N) is 2. The summed E-state index contributed by atoms with van der Waals surface area (Å²) >= 11 is 1.57. The van der Waals surface area contributed by atoms with Crippen molar-refractivity contribution >= 4 is 43.5 Å². The summed E-state index contributed by atoms with van der Waals surface area (Å²) < 4.78 is 40.7. The molecule has 2 atom stereocenters. The first kappa shape index (κ1) is 26.0. The monoisotopic (exact) mass is 532 g/mol. The van der Waals surface area contributed by atoms with Crippen LogP contribution in [0, 0.1) is 0 Å². The van der Waals surface area contributed by atoms with Gasteiger partial charge in [0.1, 0.15) is 28.4 Å². The van der Waals surface area contributed by atoms with E-state index in [4.69, 9.17) is 14.2 Å². The number of carbonyl (C=O) groups is 1. The summed E-state index contributed by atoms with van der Waals surface area (Å²) in [5, 5.41) is 4.40. The third kappa shape index (κ3) is 6.18. The Morgan fingerprint density at radius 3 is 2.75 bits per heavy atom. The fourth-order valence-electron chi connectivity index (χ4n) is 3.70. The number of H-pyrrole nitrogens is 1. The van der Waals surface area contributed by atoms with Crippen molar-refractivity contribution in [3.63, 3.8) is 0 Å². The largest absolute Gasteiger partial charge is 0.486 e. The lowest BCUT2D eigenvalue weighted by atomic mass is 10.2. The van der Waals surface area contributed by atoms with Crippen molar-refractivity contribution in [2.75, 3.05) is 33.6 Å². The van der Waals surface area contributed by atoms with Crippen LogP contribution in [0.4, 0.5) is 0 Å². The Bertz CT molecular complexity index is 1390. The van der Waals surface area contributed by atoms with Crippen LogP contribution in [-0.4, -0.2) is 74.3 Å². The van der Waals surface area contributed by atoms with E-state index in [0.29, 0.717) is 36.8 Å². The second-order valence-electron chi connectivity index (χ2n) is 8.42. The lowest BCUT2D eigenvalue weighted by Crippen LogP contribution is -2.22. The van der Waals surface area contributed by atoms with E-state index in [2.05, 4.69) is 20.3 Å². The normalized spacial score (nSPS) is 16.6. The number of hydrogen-bond donors (Lipinski definition) is 2. The number of sulfone groups is 1. The molecular weight excluding hydrogens is 504 g/mol. The van der Waals surface area contributed by atoms with Gasteiger partial charge in [0.25, 0.3) is 0 Å². The number of benzene rings is 1. The van der Waals surface area contributed by atoms with Crippen molar-refractivity contribution in [1.29, 1.82) is 0 Å². The van der Waals surface area contributed by atoms with Crippen LogP contribution in [-0.2, 0) is 19.4 Å². The van der Waals surface area contributed by atoms with Crippen LogP contribution in [0.5, 0.6) is 17.2 Å². The molecule has 192 valence electrons. The van der Waals surface area contributed by atoms with Gasteiger partial charge in [-0.1, -0.05) is 11.8 Å². The zero-order chi connectivity index (χ0) is 25.9. The minimum Gasteiger partial charge on any atom is -0.486 e. The molecule has 2 aromatic heterocycles. The highest BCUT2D eigenvalue weighted by Gasteiger charge is 2.25. The van der Waals surface area contributed by atoms with Crippen LogP contribution in [0.3, 0.4) is 0 Å². The number of thioether (sulfide) groups is 1. The average molecular weight is 533 g/mol. The van der Waals surface area contributed by atoms with Gasteiger partial charge in [0.05, 0.1) is 30.6 Å². The highest BCUT2D eigenvalue weighted by atomic mass is 32.2. The van der Waals surface area contributed by atoms with Gasteiger partial charge in [0.2, 0.25) is 5.91 Å². The highest BCUT2D eigenvalue weighted by Crippen LogP contribution is 2.36. The molecule has 1 aliphatic heterocycles. The summed E-state index contributed by atoms with van der Waals surface area (Å²) in [6.45, 7) is 2.88. The van der Waals surface area contributed by atoms with Gasteiger partial charge in [0.15, 0.2) is 14.9 Å². The highest BCUT2D eigenvalue weighted by molar-refractivity contribution is 8.15. The zero-order valence-corrected chi connectivity index (χ0v) is 22.0. The molecule has 10 nitrogen and oxygen atoms in total. The summed E-state index contributed by atoms with van der Waals surface area (Å²) in [6.07, 6.45) is 2.66. The number of carbonyl (C=O) groups excluding carboxylic acids is 1. The second kappa shape index (κ2) is 10.9. The molecule has 0 bridgehead atoms. The first-order chi connectivity index (χ1) is 17.2. The second-order valence-corrected chi connectivity index (χ2v) is 11.7. The minimum atomic E-state index is -3.40. The van der Waals surface area contributed by atoms with Gasteiger partial charge >= 0.3 is 0 Å². The van der Waals surface area contributed by atoms with Crippen LogP contribution < -0.4 is 14.8 Å². The number of methoxy groups -OCH3 is 1. The summed E-state index contributed by atoms with van der Waals surface area (Å²) in [5.41, 5.74) is 1.61. The fraction of sp³-hybridized carbons (Fsp3) is 0.375. The number of pyridine rings is 1. The smallest absolute Gasteiger partial charge is 0.220 e. The Morgan fingerprint density at radius 2 is 2.08 bits per heavy atom. The molecule has 1 aromatic carbocycles. The molecule has 0 saturated carbocycles. The summed E-state index contributed by atoms with van der Waals surface area (Å²) in [6, 6.07) is 8.54. The number of amides is 1. The molecule has 3 aromatic rings. The van der Waals surface area contributed by atoms with Crippen molar-refractivity contribution < 1.29 is 27.4 Å². The van der Waals surface area contributed by atoms with Crippen LogP contribution in [0.2, 0.25) is 0 Å². The standard InChI is InChI=1S/C24H28N4O6S2/c1-14(13-32-3)33-20-9-17(34-16-5-6-22(26-11-16)36(4,30)31)7-15-8-19(28-23(15)20)24-27-12-18(35-24)10-21(29)25-2/h5-9,11,14,18,28H,10,12-13H2,1-4H3,(H,25,29). The van der Waals surface area contributed by atoms with E-state index in [-0.39, 0.29) is 22.3 Å². The number of fused-ring (bicyclic) bond motifs is 1. The Labute approximate surface area is 213 Å². The van der Waals surface area contributed by atoms with Gasteiger partial charge < -0.3 is 24.5 Å². The van der Waals surface area contributed by atoms with Crippen molar-refractivity contribution in [2.45, 2.75) is 29.7 Å². The molecule has 1 amide bonds. The van der Waals surface area contributed by atoms with Gasteiger partial charge in [-0.25, -0.2) is 13.4 Å². The Kier molecular flexibility index (Phi) is 7.86. The molecule has 36 heavy (non-hydrogen) atoms. The fourth-order valence-corrected chi connectivity index (χ4v) is 5.35. The Hall–Kier alpha value is -3.09. The number of rotatable bonds is 10. The molecule has 0 radical (unpaired) electrons. The minimum absolute atomic E-state index is 0.00994. The van der Waals surface area contributed by atoms with Crippen molar-refractivity contribution in [3.8, 4) is 17.2 Å². The maximum absolute atomic E-state index is 11.7. The number of hydrogen-bond acceptors (Lipinski definition) is 9. The summed E-state index contributed by atoms with van der Waals surface area (Å²) in [5.74, 6) is 1.45. The number of aromatic amines is 1. The predicted octanol–water partition coefficient (Wildman–Crippen LogP) is 3.17. The predicted molar refractivity (Wildman–Crippen MR) is 139 cm³/mol. The molecule has 0 saturated heterocycles. The Balaban J connectivity index is 1.63. The number of ether oxygens (including phenoxy) is 3.